The van der Waals surface area contributed by atoms with E-state index in [1.807, 2.05) is 18.2 Å². The third-order valence-electron chi connectivity index (χ3n) is 3.14. The van der Waals surface area contributed by atoms with E-state index in [2.05, 4.69) is 42.0 Å². The summed E-state index contributed by atoms with van der Waals surface area (Å²) < 4.78 is 0. The van der Waals surface area contributed by atoms with Crippen molar-refractivity contribution in [2.24, 2.45) is 0 Å². The fourth-order valence-electron chi connectivity index (χ4n) is 2.38. The van der Waals surface area contributed by atoms with E-state index in [4.69, 9.17) is 5.73 Å². The van der Waals surface area contributed by atoms with Crippen LogP contribution in [-0.2, 0) is 5.75 Å². The molecule has 3 nitrogen and oxygen atoms in total. The SMILES string of the molecule is Cc1cc(C)cc(CSc2nc3ccc(N)cc3[nH]2)c1. The molecule has 0 aliphatic heterocycles. The van der Waals surface area contributed by atoms with Crippen LogP contribution in [0.15, 0.2) is 41.6 Å². The van der Waals surface area contributed by atoms with E-state index in [-0.39, 0.29) is 0 Å². The van der Waals surface area contributed by atoms with Gasteiger partial charge in [-0.25, -0.2) is 4.98 Å². The number of anilines is 1. The van der Waals surface area contributed by atoms with Gasteiger partial charge in [0.1, 0.15) is 0 Å². The van der Waals surface area contributed by atoms with Gasteiger partial charge in [0.25, 0.3) is 0 Å². The number of nitrogens with zero attached hydrogens (tertiary/aromatic N) is 1. The molecule has 0 fully saturated rings. The van der Waals surface area contributed by atoms with Gasteiger partial charge in [-0.3, -0.25) is 0 Å². The van der Waals surface area contributed by atoms with E-state index >= 15 is 0 Å². The van der Waals surface area contributed by atoms with E-state index in [9.17, 15) is 0 Å². The normalized spacial score (nSPS) is 11.1. The van der Waals surface area contributed by atoms with Gasteiger partial charge in [-0.05, 0) is 37.6 Å². The van der Waals surface area contributed by atoms with Crippen LogP contribution in [0, 0.1) is 13.8 Å². The molecule has 1 aromatic heterocycles. The second-order valence-corrected chi connectivity index (χ2v) is 6.07. The highest BCUT2D eigenvalue weighted by Crippen LogP contribution is 2.24. The molecule has 0 saturated heterocycles. The average molecular weight is 283 g/mol. The highest BCUT2D eigenvalue weighted by Gasteiger charge is 2.04. The van der Waals surface area contributed by atoms with E-state index in [1.54, 1.807) is 11.8 Å². The molecule has 3 N–H and O–H groups in total. The van der Waals surface area contributed by atoms with Crippen molar-refractivity contribution < 1.29 is 0 Å². The summed E-state index contributed by atoms with van der Waals surface area (Å²) in [6.07, 6.45) is 0. The summed E-state index contributed by atoms with van der Waals surface area (Å²) in [7, 11) is 0. The summed E-state index contributed by atoms with van der Waals surface area (Å²) in [5, 5.41) is 0.935. The summed E-state index contributed by atoms with van der Waals surface area (Å²) in [6.45, 7) is 4.26. The number of aromatic nitrogens is 2. The number of aryl methyl sites for hydroxylation is 2. The molecule has 2 aromatic carbocycles. The predicted molar refractivity (Wildman–Crippen MR) is 86.0 cm³/mol. The average Bonchev–Trinajstić information content (AvgIpc) is 2.77. The predicted octanol–water partition coefficient (Wildman–Crippen LogP) is 4.05. The Balaban J connectivity index is 1.79. The van der Waals surface area contributed by atoms with Crippen LogP contribution >= 0.6 is 11.8 Å². The lowest BCUT2D eigenvalue weighted by molar-refractivity contribution is 1.08. The first-order valence-corrected chi connectivity index (χ1v) is 7.54. The van der Waals surface area contributed by atoms with Crippen LogP contribution in [0.5, 0.6) is 0 Å². The minimum absolute atomic E-state index is 0.756. The monoisotopic (exact) mass is 283 g/mol. The van der Waals surface area contributed by atoms with E-state index in [1.165, 1.54) is 16.7 Å². The van der Waals surface area contributed by atoms with Gasteiger partial charge in [0.15, 0.2) is 5.16 Å². The van der Waals surface area contributed by atoms with Crippen molar-refractivity contribution >= 4 is 28.5 Å². The molecule has 0 bridgehead atoms. The Bertz CT molecular complexity index is 741. The maximum Gasteiger partial charge on any atom is 0.166 e. The second-order valence-electron chi connectivity index (χ2n) is 5.10. The molecule has 4 heteroatoms. The molecule has 3 aromatic rings. The molecule has 0 spiro atoms. The lowest BCUT2D eigenvalue weighted by Gasteiger charge is -2.03. The second kappa shape index (κ2) is 5.21. The number of nitrogen functional groups attached to an aromatic ring is 1. The lowest BCUT2D eigenvalue weighted by Crippen LogP contribution is -1.86. The van der Waals surface area contributed by atoms with Gasteiger partial charge in [0.05, 0.1) is 11.0 Å². The molecule has 0 unspecified atom stereocenters. The number of rotatable bonds is 3. The van der Waals surface area contributed by atoms with Gasteiger partial charge in [-0.15, -0.1) is 0 Å². The fourth-order valence-corrected chi connectivity index (χ4v) is 3.19. The molecule has 3 rings (SSSR count). The standard InChI is InChI=1S/C16H17N3S/c1-10-5-11(2)7-12(6-10)9-20-16-18-14-4-3-13(17)8-15(14)19-16/h3-8H,9,17H2,1-2H3,(H,18,19). The molecule has 1 heterocycles. The van der Waals surface area contributed by atoms with Crippen molar-refractivity contribution in [1.82, 2.24) is 9.97 Å². The van der Waals surface area contributed by atoms with Crippen LogP contribution in [0.1, 0.15) is 16.7 Å². The number of hydrogen-bond donors (Lipinski definition) is 2. The Morgan fingerprint density at radius 1 is 1.10 bits per heavy atom. The number of thioether (sulfide) groups is 1. The van der Waals surface area contributed by atoms with Crippen molar-refractivity contribution in [2.45, 2.75) is 24.8 Å². The molecule has 0 aliphatic carbocycles. The van der Waals surface area contributed by atoms with Crippen molar-refractivity contribution in [2.75, 3.05) is 5.73 Å². The quantitative estimate of drug-likeness (QED) is 0.563. The first kappa shape index (κ1) is 13.1. The van der Waals surface area contributed by atoms with Crippen molar-refractivity contribution in [1.29, 1.82) is 0 Å². The summed E-state index contributed by atoms with van der Waals surface area (Å²) >= 11 is 1.72. The van der Waals surface area contributed by atoms with E-state index in [0.29, 0.717) is 0 Å². The third-order valence-corrected chi connectivity index (χ3v) is 4.09. The molecule has 20 heavy (non-hydrogen) atoms. The van der Waals surface area contributed by atoms with Crippen LogP contribution in [0.2, 0.25) is 0 Å². The number of H-pyrrole nitrogens is 1. The summed E-state index contributed by atoms with van der Waals surface area (Å²) in [4.78, 5) is 7.87. The first-order valence-electron chi connectivity index (χ1n) is 6.55. The highest BCUT2D eigenvalue weighted by molar-refractivity contribution is 7.98. The topological polar surface area (TPSA) is 54.7 Å². The number of imidazole rings is 1. The highest BCUT2D eigenvalue weighted by atomic mass is 32.2. The fraction of sp³-hybridized carbons (Fsp3) is 0.188. The van der Waals surface area contributed by atoms with Crippen LogP contribution in [0.25, 0.3) is 11.0 Å². The van der Waals surface area contributed by atoms with Crippen LogP contribution in [0.4, 0.5) is 5.69 Å². The van der Waals surface area contributed by atoms with Crippen LogP contribution in [0.3, 0.4) is 0 Å². The zero-order chi connectivity index (χ0) is 14.1. The van der Waals surface area contributed by atoms with Gasteiger partial charge < -0.3 is 10.7 Å². The Labute approximate surface area is 122 Å². The number of nitrogens with two attached hydrogens (primary N) is 1. The molecule has 0 amide bonds. The molecular formula is C16H17N3S. The Morgan fingerprint density at radius 3 is 2.60 bits per heavy atom. The Hall–Kier alpha value is -1.94. The largest absolute Gasteiger partial charge is 0.399 e. The maximum absolute atomic E-state index is 5.78. The van der Waals surface area contributed by atoms with Gasteiger partial charge in [0, 0.05) is 11.4 Å². The van der Waals surface area contributed by atoms with Gasteiger partial charge >= 0.3 is 0 Å². The Morgan fingerprint density at radius 2 is 1.85 bits per heavy atom. The zero-order valence-corrected chi connectivity index (χ0v) is 12.4. The number of nitrogens with one attached hydrogen (secondary N) is 1. The maximum atomic E-state index is 5.78. The van der Waals surface area contributed by atoms with Crippen LogP contribution < -0.4 is 5.73 Å². The molecule has 0 aliphatic rings. The van der Waals surface area contributed by atoms with Crippen molar-refractivity contribution in [3.8, 4) is 0 Å². The Kier molecular flexibility index (Phi) is 3.40. The number of hydrogen-bond acceptors (Lipinski definition) is 3. The molecular weight excluding hydrogens is 266 g/mol. The van der Waals surface area contributed by atoms with Crippen molar-refractivity contribution in [3.05, 3.63) is 53.1 Å². The van der Waals surface area contributed by atoms with Crippen LogP contribution in [-0.4, -0.2) is 9.97 Å². The van der Waals surface area contributed by atoms with Crippen molar-refractivity contribution in [3.63, 3.8) is 0 Å². The van der Waals surface area contributed by atoms with E-state index in [0.717, 1.165) is 27.6 Å². The first-order chi connectivity index (χ1) is 9.60. The summed E-state index contributed by atoms with van der Waals surface area (Å²) in [5.41, 5.74) is 12.4. The van der Waals surface area contributed by atoms with Gasteiger partial charge in [-0.1, -0.05) is 41.1 Å². The molecule has 0 radical (unpaired) electrons. The smallest absolute Gasteiger partial charge is 0.166 e. The minimum Gasteiger partial charge on any atom is -0.399 e. The summed E-state index contributed by atoms with van der Waals surface area (Å²) in [5.74, 6) is 0.915. The summed E-state index contributed by atoms with van der Waals surface area (Å²) in [6, 6.07) is 12.4. The third kappa shape index (κ3) is 2.80. The number of benzene rings is 2. The number of fused-ring (bicyclic) bond motifs is 1. The molecule has 102 valence electrons. The van der Waals surface area contributed by atoms with Gasteiger partial charge in [0.2, 0.25) is 0 Å². The molecule has 0 atom stereocenters. The van der Waals surface area contributed by atoms with E-state index < -0.39 is 0 Å². The minimum atomic E-state index is 0.756. The lowest BCUT2D eigenvalue weighted by atomic mass is 10.1. The number of aromatic amines is 1. The zero-order valence-electron chi connectivity index (χ0n) is 11.6. The van der Waals surface area contributed by atoms with Gasteiger partial charge in [-0.2, -0.15) is 0 Å². The molecule has 0 saturated carbocycles.